The lowest BCUT2D eigenvalue weighted by Gasteiger charge is -2.35. The molecule has 1 aliphatic rings. The SMILES string of the molecule is COc1ccc(/C=C/C(=O)N[C@@H](C)C(=O)N2CCN(S(=O)(=O)c3ccc(F)cc3F)CC2)cc1. The molecule has 182 valence electrons. The number of piperazine rings is 1. The summed E-state index contributed by atoms with van der Waals surface area (Å²) in [5.41, 5.74) is 0.782. The standard InChI is InChI=1S/C23H25F2N3O5S/c1-16(26-22(29)10-5-17-3-7-19(33-2)8-4-17)23(30)27-11-13-28(14-12-27)34(31,32)21-9-6-18(24)15-20(21)25/h3-10,15-16H,11-14H2,1-2H3,(H,26,29)/b10-5+/t16-/m0/s1. The van der Waals surface area contributed by atoms with E-state index in [1.54, 1.807) is 44.4 Å². The predicted octanol–water partition coefficient (Wildman–Crippen LogP) is 2.02. The van der Waals surface area contributed by atoms with Gasteiger partial charge in [0, 0.05) is 38.3 Å². The second-order valence-electron chi connectivity index (χ2n) is 7.64. The first-order valence-electron chi connectivity index (χ1n) is 10.5. The van der Waals surface area contributed by atoms with Crippen LogP contribution in [-0.2, 0) is 19.6 Å². The number of benzene rings is 2. The molecule has 2 amide bonds. The summed E-state index contributed by atoms with van der Waals surface area (Å²) in [6.45, 7) is 1.58. The molecule has 1 N–H and O–H groups in total. The quantitative estimate of drug-likeness (QED) is 0.596. The van der Waals surface area contributed by atoms with E-state index in [4.69, 9.17) is 4.74 Å². The van der Waals surface area contributed by atoms with Crippen molar-refractivity contribution in [2.45, 2.75) is 17.9 Å². The summed E-state index contributed by atoms with van der Waals surface area (Å²) in [5, 5.41) is 2.59. The van der Waals surface area contributed by atoms with Gasteiger partial charge in [-0.05, 0) is 42.8 Å². The minimum Gasteiger partial charge on any atom is -0.497 e. The summed E-state index contributed by atoms with van der Waals surface area (Å²) >= 11 is 0. The number of amides is 2. The fourth-order valence-electron chi connectivity index (χ4n) is 3.46. The molecule has 0 spiro atoms. The summed E-state index contributed by atoms with van der Waals surface area (Å²) in [6, 6.07) is 8.52. The topological polar surface area (TPSA) is 96.0 Å². The van der Waals surface area contributed by atoms with Crippen molar-refractivity contribution in [3.8, 4) is 5.75 Å². The van der Waals surface area contributed by atoms with Crippen molar-refractivity contribution in [2.75, 3.05) is 33.3 Å². The van der Waals surface area contributed by atoms with Crippen LogP contribution in [0.25, 0.3) is 6.08 Å². The maximum absolute atomic E-state index is 14.0. The van der Waals surface area contributed by atoms with Gasteiger partial charge in [0.1, 0.15) is 28.3 Å². The lowest BCUT2D eigenvalue weighted by molar-refractivity contribution is -0.136. The van der Waals surface area contributed by atoms with Crippen molar-refractivity contribution in [1.29, 1.82) is 0 Å². The molecule has 0 unspecified atom stereocenters. The van der Waals surface area contributed by atoms with E-state index in [0.29, 0.717) is 11.8 Å². The second kappa shape index (κ2) is 10.7. The number of hydrogen-bond acceptors (Lipinski definition) is 5. The van der Waals surface area contributed by atoms with Crippen LogP contribution in [0.2, 0.25) is 0 Å². The Labute approximate surface area is 196 Å². The number of carbonyl (C=O) groups is 2. The Morgan fingerprint density at radius 3 is 2.29 bits per heavy atom. The number of halogens is 2. The van der Waals surface area contributed by atoms with Crippen molar-refractivity contribution in [3.05, 3.63) is 65.7 Å². The van der Waals surface area contributed by atoms with Crippen LogP contribution in [0, 0.1) is 11.6 Å². The first-order chi connectivity index (χ1) is 16.1. The third-order valence-electron chi connectivity index (χ3n) is 5.33. The van der Waals surface area contributed by atoms with E-state index in [1.807, 2.05) is 0 Å². The minimum absolute atomic E-state index is 0.0527. The highest BCUT2D eigenvalue weighted by molar-refractivity contribution is 7.89. The molecule has 2 aromatic rings. The second-order valence-corrected chi connectivity index (χ2v) is 9.55. The molecule has 1 heterocycles. The van der Waals surface area contributed by atoms with Gasteiger partial charge in [0.05, 0.1) is 7.11 Å². The van der Waals surface area contributed by atoms with Crippen LogP contribution in [0.15, 0.2) is 53.4 Å². The lowest BCUT2D eigenvalue weighted by atomic mass is 10.2. The van der Waals surface area contributed by atoms with Crippen molar-refractivity contribution >= 4 is 27.9 Å². The highest BCUT2D eigenvalue weighted by Crippen LogP contribution is 2.21. The van der Waals surface area contributed by atoms with Gasteiger partial charge in [0.15, 0.2) is 0 Å². The van der Waals surface area contributed by atoms with E-state index < -0.39 is 38.5 Å². The number of ether oxygens (including phenoxy) is 1. The summed E-state index contributed by atoms with van der Waals surface area (Å²) in [6.07, 6.45) is 2.91. The third-order valence-corrected chi connectivity index (χ3v) is 7.27. The Morgan fingerprint density at radius 1 is 1.06 bits per heavy atom. The largest absolute Gasteiger partial charge is 0.497 e. The fourth-order valence-corrected chi connectivity index (χ4v) is 4.92. The zero-order chi connectivity index (χ0) is 24.9. The number of carbonyl (C=O) groups excluding carboxylic acids is 2. The van der Waals surface area contributed by atoms with Crippen LogP contribution < -0.4 is 10.1 Å². The molecule has 1 aliphatic heterocycles. The van der Waals surface area contributed by atoms with Gasteiger partial charge in [0.2, 0.25) is 21.8 Å². The average Bonchev–Trinajstić information content (AvgIpc) is 2.82. The molecule has 2 aromatic carbocycles. The van der Waals surface area contributed by atoms with Gasteiger partial charge >= 0.3 is 0 Å². The third kappa shape index (κ3) is 5.97. The molecule has 3 rings (SSSR count). The number of nitrogens with one attached hydrogen (secondary N) is 1. The van der Waals surface area contributed by atoms with E-state index in [0.717, 1.165) is 22.0 Å². The lowest BCUT2D eigenvalue weighted by Crippen LogP contribution is -2.55. The zero-order valence-electron chi connectivity index (χ0n) is 18.7. The zero-order valence-corrected chi connectivity index (χ0v) is 19.5. The van der Waals surface area contributed by atoms with Crippen molar-refractivity contribution in [2.24, 2.45) is 0 Å². The number of methoxy groups -OCH3 is 1. The van der Waals surface area contributed by atoms with Crippen LogP contribution in [-0.4, -0.2) is 68.8 Å². The molecular formula is C23H25F2N3O5S. The van der Waals surface area contributed by atoms with Gasteiger partial charge in [-0.15, -0.1) is 0 Å². The van der Waals surface area contributed by atoms with Gasteiger partial charge in [-0.2, -0.15) is 4.31 Å². The average molecular weight is 494 g/mol. The Kier molecular flexibility index (Phi) is 8.00. The Morgan fingerprint density at radius 2 is 1.71 bits per heavy atom. The van der Waals surface area contributed by atoms with Crippen LogP contribution >= 0.6 is 0 Å². The highest BCUT2D eigenvalue weighted by Gasteiger charge is 2.33. The molecule has 11 heteroatoms. The molecule has 8 nitrogen and oxygen atoms in total. The maximum Gasteiger partial charge on any atom is 0.246 e. The smallest absolute Gasteiger partial charge is 0.246 e. The van der Waals surface area contributed by atoms with Crippen LogP contribution in [0.3, 0.4) is 0 Å². The molecule has 1 fully saturated rings. The Hall–Kier alpha value is -3.31. The van der Waals surface area contributed by atoms with Gasteiger partial charge in [0.25, 0.3) is 0 Å². The number of hydrogen-bond donors (Lipinski definition) is 1. The van der Waals surface area contributed by atoms with Crippen LogP contribution in [0.5, 0.6) is 5.75 Å². The fraction of sp³-hybridized carbons (Fsp3) is 0.304. The summed E-state index contributed by atoms with van der Waals surface area (Å²) in [4.78, 5) is 25.7. The van der Waals surface area contributed by atoms with Crippen LogP contribution in [0.4, 0.5) is 8.78 Å². The van der Waals surface area contributed by atoms with Crippen molar-refractivity contribution in [1.82, 2.24) is 14.5 Å². The van der Waals surface area contributed by atoms with E-state index in [2.05, 4.69) is 5.32 Å². The number of rotatable bonds is 7. The van der Waals surface area contributed by atoms with Crippen LogP contribution in [0.1, 0.15) is 12.5 Å². The number of sulfonamides is 1. The van der Waals surface area contributed by atoms with Gasteiger partial charge < -0.3 is 15.0 Å². The molecule has 0 radical (unpaired) electrons. The minimum atomic E-state index is -4.17. The van der Waals surface area contributed by atoms with E-state index >= 15 is 0 Å². The molecular weight excluding hydrogens is 468 g/mol. The van der Waals surface area contributed by atoms with Gasteiger partial charge in [-0.25, -0.2) is 17.2 Å². The van der Waals surface area contributed by atoms with Crippen molar-refractivity contribution < 1.29 is 31.5 Å². The normalized spacial score (nSPS) is 15.8. The molecule has 1 saturated heterocycles. The molecule has 1 atom stereocenters. The Balaban J connectivity index is 1.53. The first-order valence-corrected chi connectivity index (χ1v) is 11.9. The highest BCUT2D eigenvalue weighted by atomic mass is 32.2. The first kappa shape index (κ1) is 25.3. The van der Waals surface area contributed by atoms with Gasteiger partial charge in [-0.3, -0.25) is 9.59 Å². The summed E-state index contributed by atoms with van der Waals surface area (Å²) in [5.74, 6) is -2.17. The monoisotopic (exact) mass is 493 g/mol. The van der Waals surface area contributed by atoms with E-state index in [9.17, 15) is 26.8 Å². The summed E-state index contributed by atoms with van der Waals surface area (Å²) < 4.78 is 58.6. The van der Waals surface area contributed by atoms with E-state index in [-0.39, 0.29) is 32.1 Å². The van der Waals surface area contributed by atoms with Crippen molar-refractivity contribution in [3.63, 3.8) is 0 Å². The Bertz CT molecular complexity index is 1180. The molecule has 0 aromatic heterocycles. The molecule has 0 aliphatic carbocycles. The summed E-state index contributed by atoms with van der Waals surface area (Å²) in [7, 11) is -2.61. The predicted molar refractivity (Wildman–Crippen MR) is 121 cm³/mol. The molecule has 0 bridgehead atoms. The maximum atomic E-state index is 14.0. The molecule has 0 saturated carbocycles. The number of nitrogens with zero attached hydrogens (tertiary/aromatic N) is 2. The van der Waals surface area contributed by atoms with Gasteiger partial charge in [-0.1, -0.05) is 12.1 Å². The molecule has 34 heavy (non-hydrogen) atoms. The van der Waals surface area contributed by atoms with E-state index in [1.165, 1.54) is 11.0 Å².